The minimum absolute atomic E-state index is 0.206. The largest absolute Gasteiger partial charge is 0.379 e. The van der Waals surface area contributed by atoms with Crippen LogP contribution in [0.2, 0.25) is 5.02 Å². The summed E-state index contributed by atoms with van der Waals surface area (Å²) in [6, 6.07) is 4.09. The molecule has 1 unspecified atom stereocenters. The van der Waals surface area contributed by atoms with Crippen molar-refractivity contribution in [2.75, 3.05) is 6.61 Å². The molecular formula is C28H38ClFO. The van der Waals surface area contributed by atoms with Crippen LogP contribution in [0.15, 0.2) is 30.9 Å². The van der Waals surface area contributed by atoms with E-state index in [1.165, 1.54) is 32.1 Å². The van der Waals surface area contributed by atoms with Gasteiger partial charge in [-0.15, -0.1) is 6.58 Å². The zero-order chi connectivity index (χ0) is 21.8. The van der Waals surface area contributed by atoms with E-state index in [0.29, 0.717) is 17.0 Å². The van der Waals surface area contributed by atoms with Gasteiger partial charge in [-0.1, -0.05) is 35.9 Å². The lowest BCUT2D eigenvalue weighted by molar-refractivity contribution is 0.0328. The topological polar surface area (TPSA) is 9.23 Å². The molecule has 3 aliphatic carbocycles. The highest BCUT2D eigenvalue weighted by Crippen LogP contribution is 2.44. The molecule has 2 saturated carbocycles. The van der Waals surface area contributed by atoms with Crippen LogP contribution in [0, 0.1) is 23.6 Å². The molecular weight excluding hydrogens is 407 g/mol. The molecule has 0 heterocycles. The lowest BCUT2D eigenvalue weighted by Crippen LogP contribution is -2.22. The molecule has 0 saturated heterocycles. The Morgan fingerprint density at radius 2 is 1.77 bits per heavy atom. The van der Waals surface area contributed by atoms with Crippen LogP contribution in [0.25, 0.3) is 5.57 Å². The fourth-order valence-electron chi connectivity index (χ4n) is 6.28. The van der Waals surface area contributed by atoms with Gasteiger partial charge in [0.25, 0.3) is 0 Å². The van der Waals surface area contributed by atoms with E-state index >= 15 is 4.39 Å². The normalized spacial score (nSPS) is 31.8. The summed E-state index contributed by atoms with van der Waals surface area (Å²) in [5.74, 6) is 2.45. The fourth-order valence-corrected chi connectivity index (χ4v) is 6.60. The highest BCUT2D eigenvalue weighted by atomic mass is 35.5. The quantitative estimate of drug-likeness (QED) is 0.398. The third kappa shape index (κ3) is 5.28. The first-order chi connectivity index (χ1) is 15.1. The molecule has 0 N–H and O–H groups in total. The zero-order valence-corrected chi connectivity index (χ0v) is 19.8. The molecule has 31 heavy (non-hydrogen) atoms. The summed E-state index contributed by atoms with van der Waals surface area (Å²) in [7, 11) is 0. The maximum atomic E-state index is 15.3. The highest BCUT2D eigenvalue weighted by molar-refractivity contribution is 6.31. The second-order valence-electron chi connectivity index (χ2n) is 9.93. The van der Waals surface area contributed by atoms with Gasteiger partial charge in [0.1, 0.15) is 5.82 Å². The molecule has 0 radical (unpaired) electrons. The summed E-state index contributed by atoms with van der Waals surface area (Å²) in [5.41, 5.74) is 2.87. The number of ether oxygens (including phenoxy) is 1. The molecule has 3 aliphatic rings. The number of hydrogen-bond donors (Lipinski definition) is 0. The Hall–Kier alpha value is -1.12. The molecule has 4 rings (SSSR count). The SMILES string of the molecule is C=CC1CCC(C2CC=C(c3ccc(C4CCC(OCC)CC4)c(Cl)c3F)CC2)CC1. The van der Waals surface area contributed by atoms with Crippen LogP contribution in [0.1, 0.15) is 94.6 Å². The number of benzene rings is 1. The van der Waals surface area contributed by atoms with E-state index in [2.05, 4.69) is 24.8 Å². The van der Waals surface area contributed by atoms with Crippen molar-refractivity contribution in [3.63, 3.8) is 0 Å². The average Bonchev–Trinajstić information content (AvgIpc) is 2.82. The number of rotatable bonds is 6. The van der Waals surface area contributed by atoms with Gasteiger partial charge in [-0.05, 0) is 112 Å². The second kappa shape index (κ2) is 10.7. The van der Waals surface area contributed by atoms with Crippen molar-refractivity contribution in [2.45, 2.75) is 89.6 Å². The fraction of sp³-hybridized carbons (Fsp3) is 0.643. The summed E-state index contributed by atoms with van der Waals surface area (Å²) < 4.78 is 21.1. The van der Waals surface area contributed by atoms with Crippen LogP contribution in [0.4, 0.5) is 4.39 Å². The van der Waals surface area contributed by atoms with Crippen molar-refractivity contribution in [3.05, 3.63) is 52.8 Å². The van der Waals surface area contributed by atoms with E-state index in [1.54, 1.807) is 0 Å². The molecule has 2 fully saturated rings. The third-order valence-corrected chi connectivity index (χ3v) is 8.63. The Kier molecular flexibility index (Phi) is 7.93. The molecule has 3 heteroatoms. The Labute approximate surface area is 193 Å². The van der Waals surface area contributed by atoms with Gasteiger partial charge in [0.15, 0.2) is 0 Å². The van der Waals surface area contributed by atoms with Gasteiger partial charge in [0.2, 0.25) is 0 Å². The van der Waals surface area contributed by atoms with Gasteiger partial charge < -0.3 is 4.74 Å². The van der Waals surface area contributed by atoms with E-state index in [0.717, 1.165) is 79.6 Å². The van der Waals surface area contributed by atoms with Crippen LogP contribution < -0.4 is 0 Å². The predicted molar refractivity (Wildman–Crippen MR) is 129 cm³/mol. The van der Waals surface area contributed by atoms with Crippen LogP contribution in [-0.2, 0) is 4.74 Å². The van der Waals surface area contributed by atoms with Crippen molar-refractivity contribution in [1.82, 2.24) is 0 Å². The molecule has 0 aliphatic heterocycles. The van der Waals surface area contributed by atoms with Gasteiger partial charge in [0, 0.05) is 12.2 Å². The van der Waals surface area contributed by atoms with Crippen LogP contribution in [0.3, 0.4) is 0 Å². The van der Waals surface area contributed by atoms with Crippen LogP contribution >= 0.6 is 11.6 Å². The van der Waals surface area contributed by atoms with E-state index < -0.39 is 0 Å². The minimum atomic E-state index is -0.206. The summed E-state index contributed by atoms with van der Waals surface area (Å²) in [6.45, 7) is 6.78. The lowest BCUT2D eigenvalue weighted by atomic mass is 9.71. The maximum Gasteiger partial charge on any atom is 0.149 e. The third-order valence-electron chi connectivity index (χ3n) is 8.24. The first-order valence-electron chi connectivity index (χ1n) is 12.5. The van der Waals surface area contributed by atoms with E-state index in [-0.39, 0.29) is 5.82 Å². The lowest BCUT2D eigenvalue weighted by Gasteiger charge is -2.35. The molecule has 1 atom stereocenters. The summed E-state index contributed by atoms with van der Waals surface area (Å²) in [6.07, 6.45) is 17.4. The first kappa shape index (κ1) is 23.1. The molecule has 0 aromatic heterocycles. The van der Waals surface area contributed by atoms with Gasteiger partial charge >= 0.3 is 0 Å². The van der Waals surface area contributed by atoms with Crippen molar-refractivity contribution in [2.24, 2.45) is 17.8 Å². The summed E-state index contributed by atoms with van der Waals surface area (Å²) in [5, 5.41) is 0.350. The highest BCUT2D eigenvalue weighted by Gasteiger charge is 2.30. The van der Waals surface area contributed by atoms with Gasteiger partial charge in [-0.2, -0.15) is 0 Å². The predicted octanol–water partition coefficient (Wildman–Crippen LogP) is 8.72. The first-order valence-corrected chi connectivity index (χ1v) is 12.9. The van der Waals surface area contributed by atoms with Crippen molar-refractivity contribution < 1.29 is 9.13 Å². The standard InChI is InChI=1S/C28H38ClFO/c1-3-19-5-7-20(8-6-19)21-9-11-23(12-10-21)26-18-17-25(27(29)28(26)30)22-13-15-24(16-14-22)31-4-2/h3,11,17-22,24H,1,4-10,12-16H2,2H3. The maximum absolute atomic E-state index is 15.3. The summed E-state index contributed by atoms with van der Waals surface area (Å²) in [4.78, 5) is 0. The van der Waals surface area contributed by atoms with E-state index in [4.69, 9.17) is 16.3 Å². The average molecular weight is 445 g/mol. The zero-order valence-electron chi connectivity index (χ0n) is 19.1. The van der Waals surface area contributed by atoms with Crippen molar-refractivity contribution in [3.8, 4) is 0 Å². The minimum Gasteiger partial charge on any atom is -0.379 e. The molecule has 0 bridgehead atoms. The molecule has 1 nitrogen and oxygen atoms in total. The molecule has 170 valence electrons. The molecule has 0 spiro atoms. The van der Waals surface area contributed by atoms with Gasteiger partial charge in [-0.3, -0.25) is 0 Å². The Morgan fingerprint density at radius 1 is 1.03 bits per heavy atom. The molecule has 1 aromatic rings. The Balaban J connectivity index is 1.40. The van der Waals surface area contributed by atoms with Crippen molar-refractivity contribution in [1.29, 1.82) is 0 Å². The Bertz CT molecular complexity index is 784. The van der Waals surface area contributed by atoms with Gasteiger partial charge in [-0.25, -0.2) is 4.39 Å². The monoisotopic (exact) mass is 444 g/mol. The van der Waals surface area contributed by atoms with E-state index in [1.807, 2.05) is 13.0 Å². The van der Waals surface area contributed by atoms with Crippen LogP contribution in [0.5, 0.6) is 0 Å². The van der Waals surface area contributed by atoms with Gasteiger partial charge in [0.05, 0.1) is 11.1 Å². The molecule has 1 aromatic carbocycles. The Morgan fingerprint density at radius 3 is 2.39 bits per heavy atom. The smallest absolute Gasteiger partial charge is 0.149 e. The number of hydrogen-bond acceptors (Lipinski definition) is 1. The molecule has 0 amide bonds. The summed E-state index contributed by atoms with van der Waals surface area (Å²) >= 11 is 6.58. The number of halogens is 2. The van der Waals surface area contributed by atoms with E-state index in [9.17, 15) is 0 Å². The van der Waals surface area contributed by atoms with Crippen molar-refractivity contribution >= 4 is 17.2 Å². The second-order valence-corrected chi connectivity index (χ2v) is 10.3. The van der Waals surface area contributed by atoms with Crippen LogP contribution in [-0.4, -0.2) is 12.7 Å². The number of allylic oxidation sites excluding steroid dienone is 3.